The molecule has 1 unspecified atom stereocenters. The van der Waals surface area contributed by atoms with Crippen molar-refractivity contribution in [1.82, 2.24) is 10.3 Å². The highest BCUT2D eigenvalue weighted by Gasteiger charge is 2.17. The number of aromatic nitrogens is 1. The maximum atomic E-state index is 12.1. The number of carbonyl (C=O) groups is 1. The van der Waals surface area contributed by atoms with E-state index in [4.69, 9.17) is 5.73 Å². The molecule has 0 aliphatic carbocycles. The van der Waals surface area contributed by atoms with Gasteiger partial charge in [-0.25, -0.2) is 4.98 Å². The van der Waals surface area contributed by atoms with Crippen LogP contribution in [0.25, 0.3) is 0 Å². The van der Waals surface area contributed by atoms with E-state index in [2.05, 4.69) is 26.2 Å². The second-order valence-corrected chi connectivity index (χ2v) is 4.26. The molecule has 1 atom stereocenters. The lowest BCUT2D eigenvalue weighted by molar-refractivity contribution is 0.102. The number of hydrogen-bond acceptors (Lipinski definition) is 4. The summed E-state index contributed by atoms with van der Waals surface area (Å²) < 4.78 is 0. The Bertz CT molecular complexity index is 482. The molecule has 0 fully saturated rings. The molecule has 0 radical (unpaired) electrons. The van der Waals surface area contributed by atoms with Crippen LogP contribution in [0.3, 0.4) is 0 Å². The third-order valence-corrected chi connectivity index (χ3v) is 2.70. The van der Waals surface area contributed by atoms with E-state index < -0.39 is 0 Å². The van der Waals surface area contributed by atoms with Crippen LogP contribution >= 0.6 is 15.9 Å². The molecular weight excluding hydrogens is 270 g/mol. The van der Waals surface area contributed by atoms with E-state index in [1.54, 1.807) is 24.4 Å². The minimum atomic E-state index is -0.153. The van der Waals surface area contributed by atoms with Crippen molar-refractivity contribution in [2.24, 2.45) is 0 Å². The van der Waals surface area contributed by atoms with Crippen molar-refractivity contribution in [1.29, 1.82) is 0 Å². The Hall–Kier alpha value is -1.62. The highest BCUT2D eigenvalue weighted by atomic mass is 79.9. The van der Waals surface area contributed by atoms with Crippen LogP contribution in [0.4, 0.5) is 5.82 Å². The lowest BCUT2D eigenvalue weighted by Crippen LogP contribution is -2.28. The fourth-order valence-corrected chi connectivity index (χ4v) is 1.81. The molecule has 0 amide bonds. The van der Waals surface area contributed by atoms with Gasteiger partial charge in [0.1, 0.15) is 10.8 Å². The van der Waals surface area contributed by atoms with Crippen molar-refractivity contribution in [3.05, 3.63) is 47.8 Å². The average molecular weight is 280 g/mol. The summed E-state index contributed by atoms with van der Waals surface area (Å²) in [6, 6.07) is 3.35. The number of halogens is 1. The lowest BCUT2D eigenvalue weighted by Gasteiger charge is -2.16. The summed E-state index contributed by atoms with van der Waals surface area (Å²) in [5.74, 6) is 0.0928. The number of nitrogen functional groups attached to an aromatic ring is 1. The van der Waals surface area contributed by atoms with Gasteiger partial charge in [0.2, 0.25) is 5.78 Å². The largest absolute Gasteiger partial charge is 0.383 e. The minimum absolute atomic E-state index is 0.0330. The number of dihydropyridines is 1. The molecule has 4 nitrogen and oxygen atoms in total. The number of nitrogens with zero attached hydrogens (tertiary/aromatic N) is 1. The van der Waals surface area contributed by atoms with Gasteiger partial charge in [-0.1, -0.05) is 28.1 Å². The van der Waals surface area contributed by atoms with Gasteiger partial charge in [0.15, 0.2) is 0 Å². The van der Waals surface area contributed by atoms with Gasteiger partial charge >= 0.3 is 0 Å². The number of ketones is 1. The number of alkyl halides is 1. The first-order chi connectivity index (χ1) is 7.68. The molecule has 1 aliphatic rings. The zero-order valence-electron chi connectivity index (χ0n) is 8.35. The highest BCUT2D eigenvalue weighted by molar-refractivity contribution is 9.09. The SMILES string of the molecule is Nc1ncccc1C(=O)C1=CC=CC(Br)N1. The molecule has 2 rings (SSSR count). The van der Waals surface area contributed by atoms with Crippen LogP contribution < -0.4 is 11.1 Å². The molecule has 1 aromatic rings. The smallest absolute Gasteiger partial charge is 0.212 e. The molecule has 0 bridgehead atoms. The summed E-state index contributed by atoms with van der Waals surface area (Å²) in [6.07, 6.45) is 6.98. The van der Waals surface area contributed by atoms with Crippen molar-refractivity contribution in [3.8, 4) is 0 Å². The summed E-state index contributed by atoms with van der Waals surface area (Å²) in [6.45, 7) is 0. The normalized spacial score (nSPS) is 18.8. The third-order valence-electron chi connectivity index (χ3n) is 2.16. The van der Waals surface area contributed by atoms with E-state index in [-0.39, 0.29) is 16.6 Å². The number of nitrogens with one attached hydrogen (secondary N) is 1. The molecule has 1 aliphatic heterocycles. The minimum Gasteiger partial charge on any atom is -0.383 e. The van der Waals surface area contributed by atoms with Gasteiger partial charge in [0.05, 0.1) is 11.3 Å². The Kier molecular flexibility index (Phi) is 3.05. The molecule has 16 heavy (non-hydrogen) atoms. The fraction of sp³-hybridized carbons (Fsp3) is 0.0909. The van der Waals surface area contributed by atoms with Gasteiger partial charge in [-0.15, -0.1) is 0 Å². The number of nitrogens with two attached hydrogens (primary N) is 1. The molecule has 0 saturated heterocycles. The molecule has 1 aromatic heterocycles. The van der Waals surface area contributed by atoms with Gasteiger partial charge in [0.25, 0.3) is 0 Å². The second kappa shape index (κ2) is 4.49. The number of pyridine rings is 1. The van der Waals surface area contributed by atoms with Gasteiger partial charge < -0.3 is 11.1 Å². The number of rotatable bonds is 2. The summed E-state index contributed by atoms with van der Waals surface area (Å²) in [5.41, 5.74) is 6.56. The standard InChI is InChI=1S/C11H10BrN3O/c12-9-5-1-4-8(15-9)10(16)7-3-2-6-14-11(7)13/h1-6,9,15H,(H2,13,14). The Morgan fingerprint density at radius 1 is 1.56 bits per heavy atom. The number of carbonyl (C=O) groups excluding carboxylic acids is 1. The lowest BCUT2D eigenvalue weighted by atomic mass is 10.1. The van der Waals surface area contributed by atoms with E-state index in [0.717, 1.165) is 0 Å². The topological polar surface area (TPSA) is 68.0 Å². The molecule has 0 aromatic carbocycles. The highest BCUT2D eigenvalue weighted by Crippen LogP contribution is 2.15. The maximum Gasteiger partial charge on any atom is 0.212 e. The van der Waals surface area contributed by atoms with Crippen LogP contribution in [0.1, 0.15) is 10.4 Å². The van der Waals surface area contributed by atoms with E-state index in [1.807, 2.05) is 12.2 Å². The van der Waals surface area contributed by atoms with Gasteiger partial charge in [-0.05, 0) is 18.2 Å². The Balaban J connectivity index is 2.30. The first-order valence-electron chi connectivity index (χ1n) is 4.73. The Labute approximate surface area is 101 Å². The van der Waals surface area contributed by atoms with Gasteiger partial charge in [0, 0.05) is 6.20 Å². The molecule has 0 saturated carbocycles. The number of anilines is 1. The number of hydrogen-bond donors (Lipinski definition) is 2. The van der Waals surface area contributed by atoms with E-state index in [9.17, 15) is 4.79 Å². The van der Waals surface area contributed by atoms with Crippen LogP contribution in [0.2, 0.25) is 0 Å². The van der Waals surface area contributed by atoms with Crippen LogP contribution in [-0.2, 0) is 0 Å². The first kappa shape index (κ1) is 10.9. The summed E-state index contributed by atoms with van der Waals surface area (Å²) in [5, 5.41) is 3.00. The second-order valence-electron chi connectivity index (χ2n) is 3.28. The molecule has 3 N–H and O–H groups in total. The monoisotopic (exact) mass is 279 g/mol. The molecule has 2 heterocycles. The molecule has 5 heteroatoms. The maximum absolute atomic E-state index is 12.1. The van der Waals surface area contributed by atoms with Crippen molar-refractivity contribution >= 4 is 27.5 Å². The average Bonchev–Trinajstić information content (AvgIpc) is 2.29. The number of Topliss-reactive ketones (excluding diaryl/α,β-unsaturated/α-hetero) is 1. The van der Waals surface area contributed by atoms with Crippen molar-refractivity contribution in [2.45, 2.75) is 4.95 Å². The van der Waals surface area contributed by atoms with Crippen LogP contribution in [-0.4, -0.2) is 15.7 Å². The van der Waals surface area contributed by atoms with Gasteiger partial charge in [-0.2, -0.15) is 0 Å². The van der Waals surface area contributed by atoms with Crippen molar-refractivity contribution in [2.75, 3.05) is 5.73 Å². The first-order valence-corrected chi connectivity index (χ1v) is 5.64. The molecule has 82 valence electrons. The predicted molar refractivity (Wildman–Crippen MR) is 66.1 cm³/mol. The molecule has 0 spiro atoms. The van der Waals surface area contributed by atoms with E-state index in [0.29, 0.717) is 11.3 Å². The van der Waals surface area contributed by atoms with Crippen molar-refractivity contribution < 1.29 is 4.79 Å². The van der Waals surface area contributed by atoms with Crippen LogP contribution in [0.5, 0.6) is 0 Å². The van der Waals surface area contributed by atoms with Crippen LogP contribution in [0, 0.1) is 0 Å². The Morgan fingerprint density at radius 2 is 2.38 bits per heavy atom. The summed E-state index contributed by atoms with van der Waals surface area (Å²) in [4.78, 5) is 15.9. The third kappa shape index (κ3) is 2.14. The van der Waals surface area contributed by atoms with E-state index in [1.165, 1.54) is 0 Å². The Morgan fingerprint density at radius 3 is 3.06 bits per heavy atom. The van der Waals surface area contributed by atoms with Crippen molar-refractivity contribution in [3.63, 3.8) is 0 Å². The fourth-order valence-electron chi connectivity index (χ4n) is 1.39. The number of allylic oxidation sites excluding steroid dienone is 3. The van der Waals surface area contributed by atoms with Crippen LogP contribution in [0.15, 0.2) is 42.3 Å². The molecular formula is C11H10BrN3O. The van der Waals surface area contributed by atoms with E-state index >= 15 is 0 Å². The zero-order valence-corrected chi connectivity index (χ0v) is 9.94. The summed E-state index contributed by atoms with van der Waals surface area (Å²) in [7, 11) is 0. The predicted octanol–water partition coefficient (Wildman–Crippen LogP) is 1.61. The summed E-state index contributed by atoms with van der Waals surface area (Å²) >= 11 is 3.35. The van der Waals surface area contributed by atoms with Gasteiger partial charge in [-0.3, -0.25) is 4.79 Å². The zero-order chi connectivity index (χ0) is 11.5. The quantitative estimate of drug-likeness (QED) is 0.490.